The molecule has 10 nitrogen and oxygen atoms in total. The average Bonchev–Trinajstić information content (AvgIpc) is 2.36. The standard InChI is InChI=1S/C9H8N2O8S/c12-8(13)5-9(14)19-10-20(17,18)7-3-1-6(2-4-7)11(15)16/h1-4,10H,5H2,(H,12,13). The van der Waals surface area contributed by atoms with E-state index in [1.165, 1.54) is 4.89 Å². The van der Waals surface area contributed by atoms with Gasteiger partial charge in [-0.05, 0) is 17.0 Å². The van der Waals surface area contributed by atoms with Crippen molar-refractivity contribution < 1.29 is 32.9 Å². The number of nitro groups is 1. The monoisotopic (exact) mass is 304 g/mol. The van der Waals surface area contributed by atoms with E-state index in [4.69, 9.17) is 5.11 Å². The maximum atomic E-state index is 11.6. The van der Waals surface area contributed by atoms with Crippen molar-refractivity contribution in [1.29, 1.82) is 0 Å². The van der Waals surface area contributed by atoms with Crippen LogP contribution in [-0.2, 0) is 24.4 Å². The van der Waals surface area contributed by atoms with Crippen LogP contribution in [0.4, 0.5) is 5.69 Å². The number of nitro benzene ring substituents is 1. The zero-order valence-corrected chi connectivity index (χ0v) is 10.5. The van der Waals surface area contributed by atoms with Gasteiger partial charge in [0.2, 0.25) is 0 Å². The molecule has 0 aliphatic heterocycles. The van der Waals surface area contributed by atoms with Gasteiger partial charge in [0.15, 0.2) is 0 Å². The van der Waals surface area contributed by atoms with E-state index in [9.17, 15) is 28.1 Å². The number of carboxylic acid groups (broad SMARTS) is 1. The van der Waals surface area contributed by atoms with Gasteiger partial charge in [0.1, 0.15) is 6.42 Å². The van der Waals surface area contributed by atoms with Crippen molar-refractivity contribution >= 4 is 27.6 Å². The van der Waals surface area contributed by atoms with Crippen molar-refractivity contribution in [2.75, 3.05) is 0 Å². The molecule has 1 rings (SSSR count). The minimum absolute atomic E-state index is 0.313. The van der Waals surface area contributed by atoms with E-state index in [1.807, 2.05) is 0 Å². The number of nitrogens with one attached hydrogen (secondary N) is 1. The predicted octanol–water partition coefficient (Wildman–Crippen LogP) is -0.194. The summed E-state index contributed by atoms with van der Waals surface area (Å²) in [6, 6.07) is 3.78. The maximum absolute atomic E-state index is 11.6. The molecule has 0 bridgehead atoms. The quantitative estimate of drug-likeness (QED) is 0.416. The zero-order valence-electron chi connectivity index (χ0n) is 9.68. The van der Waals surface area contributed by atoms with Crippen molar-refractivity contribution in [1.82, 2.24) is 4.89 Å². The Hall–Kier alpha value is -2.53. The van der Waals surface area contributed by atoms with Crippen LogP contribution in [0, 0.1) is 10.1 Å². The highest BCUT2D eigenvalue weighted by atomic mass is 32.2. The van der Waals surface area contributed by atoms with Gasteiger partial charge in [-0.3, -0.25) is 14.9 Å². The molecule has 0 saturated carbocycles. The molecular weight excluding hydrogens is 296 g/mol. The molecule has 0 spiro atoms. The number of benzene rings is 1. The third-order valence-electron chi connectivity index (χ3n) is 1.92. The van der Waals surface area contributed by atoms with Gasteiger partial charge in [-0.15, -0.1) is 0 Å². The van der Waals surface area contributed by atoms with Gasteiger partial charge in [-0.25, -0.2) is 13.2 Å². The highest BCUT2D eigenvalue weighted by molar-refractivity contribution is 7.89. The summed E-state index contributed by atoms with van der Waals surface area (Å²) in [6.07, 6.45) is -1.01. The van der Waals surface area contributed by atoms with Crippen LogP contribution < -0.4 is 4.89 Å². The molecule has 0 amide bonds. The molecule has 0 aliphatic rings. The Labute approximate surface area is 112 Å². The van der Waals surface area contributed by atoms with Gasteiger partial charge in [0.05, 0.1) is 9.82 Å². The lowest BCUT2D eigenvalue weighted by molar-refractivity contribution is -0.384. The zero-order chi connectivity index (χ0) is 15.3. The van der Waals surface area contributed by atoms with Crippen LogP contribution in [0.3, 0.4) is 0 Å². The van der Waals surface area contributed by atoms with Crippen LogP contribution in [0.1, 0.15) is 6.42 Å². The Bertz CT molecular complexity index is 636. The predicted molar refractivity (Wildman–Crippen MR) is 61.8 cm³/mol. The topological polar surface area (TPSA) is 153 Å². The number of nitrogens with zero attached hydrogens (tertiary/aromatic N) is 1. The molecule has 0 aliphatic carbocycles. The molecule has 1 aromatic carbocycles. The van der Waals surface area contributed by atoms with Gasteiger partial charge < -0.3 is 9.94 Å². The molecule has 0 aromatic heterocycles. The molecule has 0 atom stereocenters. The molecule has 0 fully saturated rings. The number of hydrogen-bond donors (Lipinski definition) is 2. The summed E-state index contributed by atoms with van der Waals surface area (Å²) < 4.78 is 23.2. The van der Waals surface area contributed by atoms with E-state index < -0.39 is 33.3 Å². The second-order valence-corrected chi connectivity index (χ2v) is 5.03. The van der Waals surface area contributed by atoms with Crippen LogP contribution >= 0.6 is 0 Å². The molecule has 0 saturated heterocycles. The summed E-state index contributed by atoms with van der Waals surface area (Å²) in [4.78, 5) is 35.8. The minimum Gasteiger partial charge on any atom is -0.481 e. The summed E-state index contributed by atoms with van der Waals surface area (Å²) in [6.45, 7) is 0. The lowest BCUT2D eigenvalue weighted by Gasteiger charge is -2.05. The first-order valence-electron chi connectivity index (χ1n) is 4.90. The summed E-state index contributed by atoms with van der Waals surface area (Å²) in [7, 11) is -4.24. The fourth-order valence-corrected chi connectivity index (χ4v) is 1.85. The number of carbonyl (C=O) groups excluding carboxylic acids is 1. The SMILES string of the molecule is O=C(O)CC(=O)ONS(=O)(=O)c1ccc([N+](=O)[O-])cc1. The first-order chi connectivity index (χ1) is 9.22. The Morgan fingerprint density at radius 2 is 1.85 bits per heavy atom. The van der Waals surface area contributed by atoms with E-state index in [1.54, 1.807) is 0 Å². The average molecular weight is 304 g/mol. The van der Waals surface area contributed by atoms with Crippen LogP contribution in [0.25, 0.3) is 0 Å². The lowest BCUT2D eigenvalue weighted by Crippen LogP contribution is -2.28. The molecule has 0 radical (unpaired) electrons. The first kappa shape index (κ1) is 15.5. The Balaban J connectivity index is 2.76. The molecule has 108 valence electrons. The highest BCUT2D eigenvalue weighted by Gasteiger charge is 2.19. The van der Waals surface area contributed by atoms with E-state index in [2.05, 4.69) is 4.84 Å². The summed E-state index contributed by atoms with van der Waals surface area (Å²) in [5.41, 5.74) is -0.313. The maximum Gasteiger partial charge on any atom is 0.337 e. The summed E-state index contributed by atoms with van der Waals surface area (Å²) >= 11 is 0. The fourth-order valence-electron chi connectivity index (χ4n) is 1.06. The number of carboxylic acids is 1. The number of carbonyl (C=O) groups is 2. The van der Waals surface area contributed by atoms with Crippen LogP contribution in [0.2, 0.25) is 0 Å². The fraction of sp³-hybridized carbons (Fsp3) is 0.111. The molecule has 0 heterocycles. The Kier molecular flexibility index (Phi) is 4.72. The Morgan fingerprint density at radius 3 is 2.30 bits per heavy atom. The van der Waals surface area contributed by atoms with Crippen molar-refractivity contribution in [2.45, 2.75) is 11.3 Å². The van der Waals surface area contributed by atoms with E-state index in [-0.39, 0.29) is 10.6 Å². The minimum atomic E-state index is -4.24. The van der Waals surface area contributed by atoms with Crippen molar-refractivity contribution in [3.8, 4) is 0 Å². The second kappa shape index (κ2) is 6.08. The van der Waals surface area contributed by atoms with E-state index >= 15 is 0 Å². The summed E-state index contributed by atoms with van der Waals surface area (Å²) in [5, 5.41) is 18.7. The van der Waals surface area contributed by atoms with E-state index in [0.29, 0.717) is 0 Å². The van der Waals surface area contributed by atoms with Gasteiger partial charge in [0.25, 0.3) is 15.7 Å². The van der Waals surface area contributed by atoms with Crippen LogP contribution in [0.15, 0.2) is 29.2 Å². The van der Waals surface area contributed by atoms with Crippen molar-refractivity contribution in [3.05, 3.63) is 34.4 Å². The van der Waals surface area contributed by atoms with Crippen LogP contribution in [0.5, 0.6) is 0 Å². The second-order valence-electron chi connectivity index (χ2n) is 3.38. The Morgan fingerprint density at radius 1 is 1.30 bits per heavy atom. The van der Waals surface area contributed by atoms with Gasteiger partial charge in [-0.1, -0.05) is 0 Å². The highest BCUT2D eigenvalue weighted by Crippen LogP contribution is 2.15. The van der Waals surface area contributed by atoms with Gasteiger partial charge in [0, 0.05) is 12.1 Å². The number of aliphatic carboxylic acids is 1. The molecule has 11 heteroatoms. The molecular formula is C9H8N2O8S. The largest absolute Gasteiger partial charge is 0.481 e. The van der Waals surface area contributed by atoms with Gasteiger partial charge in [-0.2, -0.15) is 0 Å². The van der Waals surface area contributed by atoms with Crippen molar-refractivity contribution in [2.24, 2.45) is 0 Å². The molecule has 20 heavy (non-hydrogen) atoms. The third-order valence-corrected chi connectivity index (χ3v) is 3.11. The smallest absolute Gasteiger partial charge is 0.337 e. The third kappa shape index (κ3) is 4.29. The van der Waals surface area contributed by atoms with E-state index in [0.717, 1.165) is 24.3 Å². The number of rotatable bonds is 6. The molecule has 0 unspecified atom stereocenters. The number of hydrogen-bond acceptors (Lipinski definition) is 7. The first-order valence-corrected chi connectivity index (χ1v) is 6.38. The molecule has 1 aromatic rings. The van der Waals surface area contributed by atoms with Crippen LogP contribution in [-0.4, -0.2) is 30.4 Å². The normalized spacial score (nSPS) is 10.8. The van der Waals surface area contributed by atoms with Gasteiger partial charge >= 0.3 is 11.9 Å². The summed E-state index contributed by atoms with van der Waals surface area (Å²) in [5.74, 6) is -2.78. The number of non-ortho nitro benzene ring substituents is 1. The molecule has 2 N–H and O–H groups in total. The number of sulfonamides is 1. The van der Waals surface area contributed by atoms with Crippen molar-refractivity contribution in [3.63, 3.8) is 0 Å². The lowest BCUT2D eigenvalue weighted by atomic mass is 10.3.